The maximum Gasteiger partial charge on any atom is 0.152 e. The molecule has 1 aliphatic heterocycles. The molecule has 0 unspecified atom stereocenters. The van der Waals surface area contributed by atoms with Crippen molar-refractivity contribution < 1.29 is 9.22 Å². The first-order valence-electron chi connectivity index (χ1n) is 11.0. The van der Waals surface area contributed by atoms with E-state index in [9.17, 15) is 0 Å². The van der Waals surface area contributed by atoms with Gasteiger partial charge in [0.15, 0.2) is 5.60 Å². The predicted octanol–water partition coefficient (Wildman–Crippen LogP) is 6.44. The Morgan fingerprint density at radius 1 is 0.786 bits per heavy atom. The van der Waals surface area contributed by atoms with Crippen molar-refractivity contribution in [3.05, 3.63) is 65.2 Å². The molecule has 2 nitrogen and oxygen atoms in total. The standard InChI is InChI=1S/C26H38NO/c1-22-14-13-15-23(2)25(22)28-26(3,4)21-27(18-11-6-5-7-12-19-27)20-24-16-9-8-10-17-24/h8-10,13-17H,5-7,11-12,18-21H2,1-4H3/q+1. The lowest BCUT2D eigenvalue weighted by Crippen LogP contribution is -2.57. The second kappa shape index (κ2) is 9.13. The van der Waals surface area contributed by atoms with Crippen molar-refractivity contribution in [1.82, 2.24) is 0 Å². The lowest BCUT2D eigenvalue weighted by Gasteiger charge is -2.45. The molecule has 0 bridgehead atoms. The number of hydrogen-bond acceptors (Lipinski definition) is 1. The van der Waals surface area contributed by atoms with Gasteiger partial charge in [0, 0.05) is 5.56 Å². The SMILES string of the molecule is Cc1cccc(C)c1OC(C)(C)C[N+]1(Cc2ccccc2)CCCCCCC1. The number of quaternary nitrogens is 1. The van der Waals surface area contributed by atoms with Gasteiger partial charge >= 0.3 is 0 Å². The third-order valence-corrected chi connectivity index (χ3v) is 6.13. The molecule has 0 aromatic heterocycles. The summed E-state index contributed by atoms with van der Waals surface area (Å²) in [6, 6.07) is 17.5. The summed E-state index contributed by atoms with van der Waals surface area (Å²) in [6.07, 6.45) is 6.78. The number of ether oxygens (including phenoxy) is 1. The molecule has 2 heteroatoms. The maximum absolute atomic E-state index is 6.69. The Balaban J connectivity index is 1.84. The van der Waals surface area contributed by atoms with E-state index in [0.717, 1.165) is 23.3 Å². The fraction of sp³-hybridized carbons (Fsp3) is 0.538. The van der Waals surface area contributed by atoms with Crippen LogP contribution in [0.4, 0.5) is 0 Å². The van der Waals surface area contributed by atoms with Crippen LogP contribution in [0.5, 0.6) is 5.75 Å². The van der Waals surface area contributed by atoms with E-state index < -0.39 is 0 Å². The van der Waals surface area contributed by atoms with Gasteiger partial charge in [-0.15, -0.1) is 0 Å². The van der Waals surface area contributed by atoms with Gasteiger partial charge in [-0.25, -0.2) is 0 Å². The number of para-hydroxylation sites is 1. The molecule has 2 aromatic rings. The molecule has 1 saturated heterocycles. The molecular formula is C26H38NO+. The van der Waals surface area contributed by atoms with E-state index in [2.05, 4.69) is 76.2 Å². The zero-order valence-electron chi connectivity index (χ0n) is 18.3. The molecule has 0 N–H and O–H groups in total. The fourth-order valence-electron chi connectivity index (χ4n) is 4.96. The Labute approximate surface area is 172 Å². The Hall–Kier alpha value is -1.80. The number of aryl methyl sites for hydroxylation is 2. The van der Waals surface area contributed by atoms with Crippen molar-refractivity contribution in [3.8, 4) is 5.75 Å². The van der Waals surface area contributed by atoms with Gasteiger partial charge in [-0.1, -0.05) is 55.0 Å². The van der Waals surface area contributed by atoms with Gasteiger partial charge in [0.1, 0.15) is 18.8 Å². The van der Waals surface area contributed by atoms with Crippen LogP contribution in [0.2, 0.25) is 0 Å². The molecule has 28 heavy (non-hydrogen) atoms. The number of hydrogen-bond donors (Lipinski definition) is 0. The number of rotatable bonds is 6. The number of likely N-dealkylation sites (tertiary alicyclic amines) is 1. The first-order valence-corrected chi connectivity index (χ1v) is 11.0. The predicted molar refractivity (Wildman–Crippen MR) is 119 cm³/mol. The smallest absolute Gasteiger partial charge is 0.152 e. The summed E-state index contributed by atoms with van der Waals surface area (Å²) in [4.78, 5) is 0. The van der Waals surface area contributed by atoms with Crippen molar-refractivity contribution in [2.24, 2.45) is 0 Å². The third kappa shape index (κ3) is 5.61. The van der Waals surface area contributed by atoms with E-state index in [1.165, 1.54) is 61.9 Å². The average molecular weight is 381 g/mol. The molecule has 1 heterocycles. The van der Waals surface area contributed by atoms with Gasteiger partial charge in [0.05, 0.1) is 13.1 Å². The van der Waals surface area contributed by atoms with Gasteiger partial charge in [-0.05, 0) is 64.5 Å². The van der Waals surface area contributed by atoms with Crippen LogP contribution in [0.15, 0.2) is 48.5 Å². The van der Waals surface area contributed by atoms with E-state index in [0.29, 0.717) is 0 Å². The molecular weight excluding hydrogens is 342 g/mol. The Kier molecular flexibility index (Phi) is 6.82. The lowest BCUT2D eigenvalue weighted by atomic mass is 9.99. The van der Waals surface area contributed by atoms with Gasteiger partial charge < -0.3 is 9.22 Å². The highest BCUT2D eigenvalue weighted by Gasteiger charge is 2.37. The van der Waals surface area contributed by atoms with Gasteiger partial charge in [-0.3, -0.25) is 0 Å². The summed E-state index contributed by atoms with van der Waals surface area (Å²) in [6.45, 7) is 13.6. The van der Waals surface area contributed by atoms with Crippen LogP contribution >= 0.6 is 0 Å². The topological polar surface area (TPSA) is 9.23 Å². The van der Waals surface area contributed by atoms with Crippen LogP contribution in [-0.2, 0) is 6.54 Å². The summed E-state index contributed by atoms with van der Waals surface area (Å²) >= 11 is 0. The molecule has 0 aliphatic carbocycles. The fourth-order valence-corrected chi connectivity index (χ4v) is 4.96. The zero-order chi connectivity index (χ0) is 20.0. The summed E-state index contributed by atoms with van der Waals surface area (Å²) < 4.78 is 7.83. The van der Waals surface area contributed by atoms with Crippen LogP contribution in [0.25, 0.3) is 0 Å². The molecule has 2 aromatic carbocycles. The van der Waals surface area contributed by atoms with Crippen LogP contribution in [0.1, 0.15) is 62.6 Å². The van der Waals surface area contributed by atoms with Crippen molar-refractivity contribution in [2.45, 2.75) is 71.9 Å². The lowest BCUT2D eigenvalue weighted by molar-refractivity contribution is -0.946. The van der Waals surface area contributed by atoms with Crippen LogP contribution in [0, 0.1) is 13.8 Å². The minimum Gasteiger partial charge on any atom is -0.481 e. The van der Waals surface area contributed by atoms with Crippen LogP contribution in [-0.4, -0.2) is 29.7 Å². The second-order valence-electron chi connectivity index (χ2n) is 9.44. The van der Waals surface area contributed by atoms with Gasteiger partial charge in [0.25, 0.3) is 0 Å². The normalized spacial score (nSPS) is 17.6. The Morgan fingerprint density at radius 3 is 1.96 bits per heavy atom. The molecule has 1 fully saturated rings. The minimum atomic E-state index is -0.204. The highest BCUT2D eigenvalue weighted by molar-refractivity contribution is 5.40. The van der Waals surface area contributed by atoms with E-state index >= 15 is 0 Å². The molecule has 152 valence electrons. The summed E-state index contributed by atoms with van der Waals surface area (Å²) in [5.41, 5.74) is 3.71. The highest BCUT2D eigenvalue weighted by atomic mass is 16.5. The quantitative estimate of drug-likeness (QED) is 0.524. The van der Waals surface area contributed by atoms with Crippen LogP contribution < -0.4 is 4.74 Å². The first-order chi connectivity index (χ1) is 13.4. The van der Waals surface area contributed by atoms with E-state index in [1.807, 2.05) is 0 Å². The molecule has 0 saturated carbocycles. The van der Waals surface area contributed by atoms with E-state index in [1.54, 1.807) is 0 Å². The Morgan fingerprint density at radius 2 is 1.36 bits per heavy atom. The second-order valence-corrected chi connectivity index (χ2v) is 9.44. The van der Waals surface area contributed by atoms with E-state index in [-0.39, 0.29) is 5.60 Å². The highest BCUT2D eigenvalue weighted by Crippen LogP contribution is 2.31. The monoisotopic (exact) mass is 380 g/mol. The zero-order valence-corrected chi connectivity index (χ0v) is 18.3. The minimum absolute atomic E-state index is 0.204. The maximum atomic E-state index is 6.69. The van der Waals surface area contributed by atoms with Crippen molar-refractivity contribution >= 4 is 0 Å². The molecule has 0 amide bonds. The Bertz CT molecular complexity index is 722. The molecule has 0 atom stereocenters. The summed E-state index contributed by atoms with van der Waals surface area (Å²) in [5, 5.41) is 0. The third-order valence-electron chi connectivity index (χ3n) is 6.13. The summed E-state index contributed by atoms with van der Waals surface area (Å²) in [7, 11) is 0. The van der Waals surface area contributed by atoms with Gasteiger partial charge in [-0.2, -0.15) is 0 Å². The first kappa shape index (κ1) is 20.9. The average Bonchev–Trinajstić information content (AvgIpc) is 2.62. The molecule has 0 spiro atoms. The van der Waals surface area contributed by atoms with Crippen molar-refractivity contribution in [1.29, 1.82) is 0 Å². The number of benzene rings is 2. The summed E-state index contributed by atoms with van der Waals surface area (Å²) in [5.74, 6) is 1.07. The molecule has 1 aliphatic rings. The largest absolute Gasteiger partial charge is 0.481 e. The van der Waals surface area contributed by atoms with E-state index in [4.69, 9.17) is 4.74 Å². The van der Waals surface area contributed by atoms with Crippen molar-refractivity contribution in [3.63, 3.8) is 0 Å². The van der Waals surface area contributed by atoms with Crippen LogP contribution in [0.3, 0.4) is 0 Å². The number of nitrogens with zero attached hydrogens (tertiary/aromatic N) is 1. The van der Waals surface area contributed by atoms with Crippen molar-refractivity contribution in [2.75, 3.05) is 19.6 Å². The van der Waals surface area contributed by atoms with Gasteiger partial charge in [0.2, 0.25) is 0 Å². The molecule has 0 radical (unpaired) electrons. The molecule has 3 rings (SSSR count).